The number of aldehydes is 1. The molecule has 1 rings (SSSR count). The lowest BCUT2D eigenvalue weighted by Gasteiger charge is -2.00. The summed E-state index contributed by atoms with van der Waals surface area (Å²) < 4.78 is 4.74. The highest BCUT2D eigenvalue weighted by Crippen LogP contribution is 2.01. The normalized spacial score (nSPS) is 8.07. The van der Waals surface area contributed by atoms with Gasteiger partial charge in [-0.25, -0.2) is 4.79 Å². The van der Waals surface area contributed by atoms with Crippen LogP contribution in [-0.4, -0.2) is 23.8 Å². The molecule has 0 atom stereocenters. The fourth-order valence-corrected chi connectivity index (χ4v) is 0.854. The quantitative estimate of drug-likeness (QED) is 0.568. The van der Waals surface area contributed by atoms with Gasteiger partial charge in [0.1, 0.15) is 5.69 Å². The second-order valence-electron chi connectivity index (χ2n) is 2.31. The van der Waals surface area contributed by atoms with Crippen LogP contribution >= 0.6 is 0 Å². The minimum atomic E-state index is -0.437. The van der Waals surface area contributed by atoms with Crippen molar-refractivity contribution in [1.29, 1.82) is 0 Å². The van der Waals surface area contributed by atoms with Crippen molar-refractivity contribution in [2.75, 3.05) is 6.61 Å². The van der Waals surface area contributed by atoms with E-state index in [2.05, 4.69) is 4.98 Å². The van der Waals surface area contributed by atoms with Gasteiger partial charge in [0.25, 0.3) is 0 Å². The summed E-state index contributed by atoms with van der Waals surface area (Å²) in [7, 11) is 0. The molecule has 1 aromatic heterocycles. The number of carbonyl (C=O) groups excluding carboxylic acids is 2. The van der Waals surface area contributed by atoms with Crippen LogP contribution in [0.25, 0.3) is 0 Å². The summed E-state index contributed by atoms with van der Waals surface area (Å²) >= 11 is 0. The van der Waals surface area contributed by atoms with Crippen LogP contribution in [0.1, 0.15) is 42.6 Å². The van der Waals surface area contributed by atoms with E-state index in [-0.39, 0.29) is 20.5 Å². The van der Waals surface area contributed by atoms with Gasteiger partial charge >= 0.3 is 5.97 Å². The van der Waals surface area contributed by atoms with Gasteiger partial charge in [0.05, 0.1) is 12.2 Å². The Hall–Kier alpha value is -1.71. The molecule has 0 unspecified atom stereocenters. The molecule has 84 valence electrons. The predicted molar refractivity (Wildman–Crippen MR) is 59.0 cm³/mol. The highest BCUT2D eigenvalue weighted by atomic mass is 16.5. The van der Waals surface area contributed by atoms with Gasteiger partial charge in [-0.05, 0) is 19.1 Å². The smallest absolute Gasteiger partial charge is 0.338 e. The summed E-state index contributed by atoms with van der Waals surface area (Å²) in [5.41, 5.74) is 0.574. The van der Waals surface area contributed by atoms with Crippen molar-refractivity contribution in [1.82, 2.24) is 4.98 Å². The first-order chi connectivity index (χ1) is 6.27. The first kappa shape index (κ1) is 15.7. The van der Waals surface area contributed by atoms with Crippen LogP contribution < -0.4 is 0 Å². The van der Waals surface area contributed by atoms with Crippen molar-refractivity contribution < 1.29 is 14.3 Å². The maximum atomic E-state index is 11.1. The van der Waals surface area contributed by atoms with Crippen LogP contribution in [0.5, 0.6) is 0 Å². The SMILES string of the molecule is C.C.CCOC(=O)c1ccnc(C=O)c1. The molecule has 1 aromatic rings. The van der Waals surface area contributed by atoms with E-state index in [9.17, 15) is 9.59 Å². The van der Waals surface area contributed by atoms with Crippen LogP contribution in [0.15, 0.2) is 18.3 Å². The van der Waals surface area contributed by atoms with Gasteiger partial charge in [0.15, 0.2) is 6.29 Å². The topological polar surface area (TPSA) is 56.3 Å². The number of nitrogens with zero attached hydrogens (tertiary/aromatic N) is 1. The number of esters is 1. The molecule has 0 bridgehead atoms. The summed E-state index contributed by atoms with van der Waals surface area (Å²) in [4.78, 5) is 25.2. The maximum absolute atomic E-state index is 11.1. The maximum Gasteiger partial charge on any atom is 0.338 e. The zero-order valence-corrected chi connectivity index (χ0v) is 7.19. The summed E-state index contributed by atoms with van der Waals surface area (Å²) in [6, 6.07) is 2.90. The molecular formula is C11H17NO3. The molecule has 0 N–H and O–H groups in total. The van der Waals surface area contributed by atoms with Crippen molar-refractivity contribution in [3.05, 3.63) is 29.6 Å². The molecule has 0 fully saturated rings. The summed E-state index contributed by atoms with van der Waals surface area (Å²) in [5, 5.41) is 0. The standard InChI is InChI=1S/C9H9NO3.2CH4/c1-2-13-9(12)7-3-4-10-8(5-7)6-11;;/h3-6H,2H2,1H3;2*1H4. The molecule has 0 saturated carbocycles. The van der Waals surface area contributed by atoms with E-state index in [1.807, 2.05) is 0 Å². The van der Waals surface area contributed by atoms with Gasteiger partial charge in [-0.15, -0.1) is 0 Å². The molecule has 0 aromatic carbocycles. The molecule has 15 heavy (non-hydrogen) atoms. The minimum Gasteiger partial charge on any atom is -0.462 e. The number of pyridine rings is 1. The molecule has 4 heteroatoms. The van der Waals surface area contributed by atoms with Gasteiger partial charge in [-0.2, -0.15) is 0 Å². The first-order valence-corrected chi connectivity index (χ1v) is 3.86. The molecule has 0 aliphatic heterocycles. The van der Waals surface area contributed by atoms with Gasteiger partial charge in [0, 0.05) is 6.20 Å². The molecule has 0 aliphatic carbocycles. The van der Waals surface area contributed by atoms with Crippen LogP contribution in [0.4, 0.5) is 0 Å². The average Bonchev–Trinajstić information content (AvgIpc) is 2.18. The minimum absolute atomic E-state index is 0. The summed E-state index contributed by atoms with van der Waals surface area (Å²) in [5.74, 6) is -0.437. The number of carbonyl (C=O) groups is 2. The second kappa shape index (κ2) is 7.67. The largest absolute Gasteiger partial charge is 0.462 e. The summed E-state index contributed by atoms with van der Waals surface area (Å²) in [6.07, 6.45) is 1.98. The molecule has 0 radical (unpaired) electrons. The molecule has 0 spiro atoms. The number of aromatic nitrogens is 1. The van der Waals surface area contributed by atoms with E-state index in [0.717, 1.165) is 0 Å². The third-order valence-corrected chi connectivity index (χ3v) is 1.41. The van der Waals surface area contributed by atoms with Crippen molar-refractivity contribution in [3.8, 4) is 0 Å². The monoisotopic (exact) mass is 211 g/mol. The second-order valence-corrected chi connectivity index (χ2v) is 2.31. The Kier molecular flexibility index (Phi) is 8.05. The Bertz CT molecular complexity index is 323. The zero-order chi connectivity index (χ0) is 9.68. The van der Waals surface area contributed by atoms with Crippen LogP contribution in [0, 0.1) is 0 Å². The lowest BCUT2D eigenvalue weighted by Crippen LogP contribution is -2.05. The third-order valence-electron chi connectivity index (χ3n) is 1.41. The Balaban J connectivity index is 0. The third kappa shape index (κ3) is 4.35. The number of rotatable bonds is 3. The van der Waals surface area contributed by atoms with E-state index in [4.69, 9.17) is 4.74 Å². The molecule has 1 heterocycles. The Morgan fingerprint density at radius 2 is 2.20 bits per heavy atom. The lowest BCUT2D eigenvalue weighted by atomic mass is 10.2. The molecular weight excluding hydrogens is 194 g/mol. The number of hydrogen-bond acceptors (Lipinski definition) is 4. The van der Waals surface area contributed by atoms with Crippen LogP contribution in [0.2, 0.25) is 0 Å². The van der Waals surface area contributed by atoms with E-state index in [1.54, 1.807) is 6.92 Å². The highest BCUT2D eigenvalue weighted by molar-refractivity contribution is 5.90. The van der Waals surface area contributed by atoms with Crippen molar-refractivity contribution in [3.63, 3.8) is 0 Å². The lowest BCUT2D eigenvalue weighted by molar-refractivity contribution is 0.0526. The number of ether oxygens (including phenoxy) is 1. The summed E-state index contributed by atoms with van der Waals surface area (Å²) in [6.45, 7) is 2.04. The van der Waals surface area contributed by atoms with Crippen molar-refractivity contribution in [2.45, 2.75) is 21.8 Å². The van der Waals surface area contributed by atoms with Gasteiger partial charge in [-0.3, -0.25) is 9.78 Å². The predicted octanol–water partition coefficient (Wildman–Crippen LogP) is 2.34. The first-order valence-electron chi connectivity index (χ1n) is 3.86. The van der Waals surface area contributed by atoms with Gasteiger partial charge < -0.3 is 4.74 Å². The molecule has 0 aliphatic rings. The zero-order valence-electron chi connectivity index (χ0n) is 7.19. The van der Waals surface area contributed by atoms with Crippen molar-refractivity contribution >= 4 is 12.3 Å². The Morgan fingerprint density at radius 3 is 2.73 bits per heavy atom. The highest BCUT2D eigenvalue weighted by Gasteiger charge is 2.06. The number of hydrogen-bond donors (Lipinski definition) is 0. The van der Waals surface area contributed by atoms with E-state index in [1.165, 1.54) is 18.3 Å². The molecule has 4 nitrogen and oxygen atoms in total. The molecule has 0 saturated heterocycles. The molecule has 0 amide bonds. The van der Waals surface area contributed by atoms with Crippen LogP contribution in [0.3, 0.4) is 0 Å². The van der Waals surface area contributed by atoms with E-state index in [0.29, 0.717) is 18.5 Å². The van der Waals surface area contributed by atoms with E-state index < -0.39 is 5.97 Å². The van der Waals surface area contributed by atoms with Crippen LogP contribution in [-0.2, 0) is 4.74 Å². The fraction of sp³-hybridized carbons (Fsp3) is 0.364. The van der Waals surface area contributed by atoms with Gasteiger partial charge in [0.2, 0.25) is 0 Å². The van der Waals surface area contributed by atoms with Gasteiger partial charge in [-0.1, -0.05) is 14.9 Å². The Labute approximate surface area is 90.3 Å². The Morgan fingerprint density at radius 1 is 1.53 bits per heavy atom. The fourth-order valence-electron chi connectivity index (χ4n) is 0.854. The average molecular weight is 211 g/mol. The van der Waals surface area contributed by atoms with E-state index >= 15 is 0 Å². The van der Waals surface area contributed by atoms with Crippen molar-refractivity contribution in [2.24, 2.45) is 0 Å².